The number of esters is 3. The summed E-state index contributed by atoms with van der Waals surface area (Å²) < 4.78 is 16.7. The SMILES string of the molecule is CCCCCCCCCCCCCCCCCCCCCCCCCCCCCC(=O)OCC(COC(=O)CCCCCCC)OC(=O)CCCCCCCCCCCCC. The van der Waals surface area contributed by atoms with Crippen LogP contribution in [0.25, 0.3) is 0 Å². The van der Waals surface area contributed by atoms with Crippen molar-refractivity contribution in [3.05, 3.63) is 0 Å². The van der Waals surface area contributed by atoms with E-state index in [1.807, 2.05) is 0 Å². The molecule has 6 heteroatoms. The van der Waals surface area contributed by atoms with Crippen molar-refractivity contribution in [3.8, 4) is 0 Å². The summed E-state index contributed by atoms with van der Waals surface area (Å²) in [5.74, 6) is -0.860. The van der Waals surface area contributed by atoms with E-state index in [-0.39, 0.29) is 31.1 Å². The molecule has 0 rings (SSSR count). The molecule has 0 radical (unpaired) electrons. The van der Waals surface area contributed by atoms with Crippen LogP contribution in [0.4, 0.5) is 0 Å². The monoisotopic (exact) mass is 863 g/mol. The van der Waals surface area contributed by atoms with Crippen molar-refractivity contribution in [1.29, 1.82) is 0 Å². The molecule has 61 heavy (non-hydrogen) atoms. The highest BCUT2D eigenvalue weighted by Gasteiger charge is 2.19. The van der Waals surface area contributed by atoms with Crippen molar-refractivity contribution >= 4 is 17.9 Å². The maximum Gasteiger partial charge on any atom is 0.306 e. The molecule has 0 bridgehead atoms. The second-order valence-corrected chi connectivity index (χ2v) is 18.9. The van der Waals surface area contributed by atoms with Crippen molar-refractivity contribution in [2.45, 2.75) is 322 Å². The molecule has 0 aliphatic heterocycles. The molecule has 0 saturated carbocycles. The van der Waals surface area contributed by atoms with Gasteiger partial charge in [-0.2, -0.15) is 0 Å². The molecule has 0 aromatic carbocycles. The summed E-state index contributed by atoms with van der Waals surface area (Å²) >= 11 is 0. The van der Waals surface area contributed by atoms with Gasteiger partial charge < -0.3 is 14.2 Å². The molecule has 0 fully saturated rings. The largest absolute Gasteiger partial charge is 0.462 e. The summed E-state index contributed by atoms with van der Waals surface area (Å²) in [6.07, 6.45) is 55.9. The lowest BCUT2D eigenvalue weighted by Gasteiger charge is -2.18. The Morgan fingerprint density at radius 3 is 0.656 bits per heavy atom. The van der Waals surface area contributed by atoms with E-state index in [9.17, 15) is 14.4 Å². The summed E-state index contributed by atoms with van der Waals surface area (Å²) in [7, 11) is 0. The van der Waals surface area contributed by atoms with E-state index in [4.69, 9.17) is 14.2 Å². The number of carbonyl (C=O) groups is 3. The average Bonchev–Trinajstić information content (AvgIpc) is 3.26. The lowest BCUT2D eigenvalue weighted by atomic mass is 10.0. The smallest absolute Gasteiger partial charge is 0.306 e. The van der Waals surface area contributed by atoms with Crippen molar-refractivity contribution in [3.63, 3.8) is 0 Å². The molecule has 0 aromatic rings. The fraction of sp³-hybridized carbons (Fsp3) is 0.945. The Morgan fingerprint density at radius 1 is 0.262 bits per heavy atom. The highest BCUT2D eigenvalue weighted by Crippen LogP contribution is 2.17. The van der Waals surface area contributed by atoms with Crippen LogP contribution in [0.5, 0.6) is 0 Å². The van der Waals surface area contributed by atoms with Crippen molar-refractivity contribution < 1.29 is 28.6 Å². The fourth-order valence-electron chi connectivity index (χ4n) is 8.45. The molecule has 6 nitrogen and oxygen atoms in total. The zero-order valence-corrected chi connectivity index (χ0v) is 41.5. The first-order chi connectivity index (χ1) is 30.0. The highest BCUT2D eigenvalue weighted by molar-refractivity contribution is 5.71. The van der Waals surface area contributed by atoms with E-state index in [1.54, 1.807) is 0 Å². The third-order valence-corrected chi connectivity index (χ3v) is 12.6. The molecule has 0 N–H and O–H groups in total. The number of hydrogen-bond donors (Lipinski definition) is 0. The van der Waals surface area contributed by atoms with Crippen molar-refractivity contribution in [1.82, 2.24) is 0 Å². The van der Waals surface area contributed by atoms with Crippen LogP contribution in [0.3, 0.4) is 0 Å². The highest BCUT2D eigenvalue weighted by atomic mass is 16.6. The molecule has 0 aliphatic rings. The first kappa shape index (κ1) is 59.4. The Kier molecular flexibility index (Phi) is 49.7. The second kappa shape index (κ2) is 51.0. The number of hydrogen-bond acceptors (Lipinski definition) is 6. The van der Waals surface area contributed by atoms with Gasteiger partial charge in [0.05, 0.1) is 0 Å². The van der Waals surface area contributed by atoms with Gasteiger partial charge in [0, 0.05) is 19.3 Å². The van der Waals surface area contributed by atoms with Gasteiger partial charge >= 0.3 is 17.9 Å². The fourth-order valence-corrected chi connectivity index (χ4v) is 8.45. The Labute approximate surface area is 380 Å². The normalized spacial score (nSPS) is 11.9. The minimum absolute atomic E-state index is 0.0634. The molecule has 362 valence electrons. The van der Waals surface area contributed by atoms with Gasteiger partial charge in [-0.1, -0.05) is 278 Å². The van der Waals surface area contributed by atoms with E-state index in [0.717, 1.165) is 64.2 Å². The number of carbonyl (C=O) groups excluding carboxylic acids is 3. The lowest BCUT2D eigenvalue weighted by molar-refractivity contribution is -0.167. The third-order valence-electron chi connectivity index (χ3n) is 12.6. The molecule has 1 atom stereocenters. The maximum absolute atomic E-state index is 12.7. The molecule has 0 aliphatic carbocycles. The van der Waals surface area contributed by atoms with Gasteiger partial charge in [0.2, 0.25) is 0 Å². The minimum atomic E-state index is -0.757. The first-order valence-corrected chi connectivity index (χ1v) is 27.5. The van der Waals surface area contributed by atoms with Gasteiger partial charge in [-0.3, -0.25) is 14.4 Å². The molecule has 0 heterocycles. The summed E-state index contributed by atoms with van der Waals surface area (Å²) in [5, 5.41) is 0. The van der Waals surface area contributed by atoms with Gasteiger partial charge in [-0.25, -0.2) is 0 Å². The average molecular weight is 863 g/mol. The molecule has 1 unspecified atom stereocenters. The summed E-state index contributed by atoms with van der Waals surface area (Å²) in [6, 6.07) is 0. The van der Waals surface area contributed by atoms with Crippen molar-refractivity contribution in [2.75, 3.05) is 13.2 Å². The minimum Gasteiger partial charge on any atom is -0.462 e. The second-order valence-electron chi connectivity index (χ2n) is 18.9. The Bertz CT molecular complexity index is 905. The van der Waals surface area contributed by atoms with E-state index in [2.05, 4.69) is 20.8 Å². The number of ether oxygens (including phenoxy) is 3. The predicted octanol–water partition coefficient (Wildman–Crippen LogP) is 18.0. The number of unbranched alkanes of at least 4 members (excludes halogenated alkanes) is 40. The Balaban J connectivity index is 3.90. The maximum atomic E-state index is 12.7. The van der Waals surface area contributed by atoms with Gasteiger partial charge in [0.1, 0.15) is 13.2 Å². The Morgan fingerprint density at radius 2 is 0.443 bits per heavy atom. The Hall–Kier alpha value is -1.59. The summed E-state index contributed by atoms with van der Waals surface area (Å²) in [4.78, 5) is 37.6. The number of rotatable bonds is 51. The van der Waals surface area contributed by atoms with Gasteiger partial charge in [-0.05, 0) is 19.3 Å². The van der Waals surface area contributed by atoms with Gasteiger partial charge in [0.25, 0.3) is 0 Å². The molecular weight excluding hydrogens is 757 g/mol. The van der Waals surface area contributed by atoms with Crippen LogP contribution in [0.15, 0.2) is 0 Å². The molecule has 0 aromatic heterocycles. The quantitative estimate of drug-likeness (QED) is 0.0344. The van der Waals surface area contributed by atoms with E-state index < -0.39 is 6.10 Å². The van der Waals surface area contributed by atoms with E-state index in [0.29, 0.717) is 19.3 Å². The van der Waals surface area contributed by atoms with Crippen LogP contribution in [-0.2, 0) is 28.6 Å². The topological polar surface area (TPSA) is 78.9 Å². The zero-order chi connectivity index (χ0) is 44.4. The molecular formula is C55H106O6. The third kappa shape index (κ3) is 49.3. The van der Waals surface area contributed by atoms with Crippen LogP contribution in [-0.4, -0.2) is 37.2 Å². The van der Waals surface area contributed by atoms with E-state index >= 15 is 0 Å². The van der Waals surface area contributed by atoms with Crippen LogP contribution in [0, 0.1) is 0 Å². The summed E-state index contributed by atoms with van der Waals surface area (Å²) in [6.45, 7) is 6.59. The van der Waals surface area contributed by atoms with Crippen LogP contribution in [0.1, 0.15) is 316 Å². The van der Waals surface area contributed by atoms with Crippen LogP contribution in [0.2, 0.25) is 0 Å². The standard InChI is InChI=1S/C55H106O6/c1-4-7-10-13-15-17-19-20-21-22-23-24-25-26-27-28-29-30-31-32-33-34-36-37-39-42-45-48-54(57)60-51-52(50-59-53(56)47-44-41-12-9-6-3)61-55(58)49-46-43-40-38-35-18-16-14-11-8-5-2/h52H,4-51H2,1-3H3. The van der Waals surface area contributed by atoms with Crippen LogP contribution < -0.4 is 0 Å². The van der Waals surface area contributed by atoms with Crippen molar-refractivity contribution in [2.24, 2.45) is 0 Å². The van der Waals surface area contributed by atoms with Gasteiger partial charge in [-0.15, -0.1) is 0 Å². The molecule has 0 amide bonds. The lowest BCUT2D eigenvalue weighted by Crippen LogP contribution is -2.30. The summed E-state index contributed by atoms with van der Waals surface area (Å²) in [5.41, 5.74) is 0. The van der Waals surface area contributed by atoms with Crippen LogP contribution >= 0.6 is 0 Å². The molecule has 0 spiro atoms. The van der Waals surface area contributed by atoms with E-state index in [1.165, 1.54) is 212 Å². The zero-order valence-electron chi connectivity index (χ0n) is 41.5. The molecule has 0 saturated heterocycles. The first-order valence-electron chi connectivity index (χ1n) is 27.5. The van der Waals surface area contributed by atoms with Gasteiger partial charge in [0.15, 0.2) is 6.10 Å². The predicted molar refractivity (Wildman–Crippen MR) is 261 cm³/mol.